The number of hydrogen-bond acceptors (Lipinski definition) is 4. The summed E-state index contributed by atoms with van der Waals surface area (Å²) in [7, 11) is -7.38. The molecule has 0 spiro atoms. The first-order chi connectivity index (χ1) is 10.1. The highest BCUT2D eigenvalue weighted by Gasteiger charge is 2.17. The summed E-state index contributed by atoms with van der Waals surface area (Å²) in [5.74, 6) is 0. The van der Waals surface area contributed by atoms with Gasteiger partial charge in [0.1, 0.15) is 0 Å². The third-order valence-electron chi connectivity index (χ3n) is 2.97. The normalized spacial score (nSPS) is 12.1. The van der Waals surface area contributed by atoms with Crippen molar-refractivity contribution >= 4 is 37.1 Å². The molecule has 2 aromatic carbocycles. The molecule has 0 unspecified atom stereocenters. The molecule has 0 aliphatic carbocycles. The number of sulfone groups is 1. The highest BCUT2D eigenvalue weighted by atomic mass is 35.5. The number of sulfonamides is 1. The lowest BCUT2D eigenvalue weighted by Crippen LogP contribution is -2.13. The van der Waals surface area contributed by atoms with Crippen LogP contribution in [0.1, 0.15) is 5.56 Å². The first-order valence-corrected chi connectivity index (χ1v) is 9.94. The van der Waals surface area contributed by atoms with Gasteiger partial charge in [0.15, 0.2) is 9.84 Å². The van der Waals surface area contributed by atoms with Crippen LogP contribution < -0.4 is 4.72 Å². The summed E-state index contributed by atoms with van der Waals surface area (Å²) in [5, 5.41) is 0.435. The van der Waals surface area contributed by atoms with Gasteiger partial charge in [-0.15, -0.1) is 0 Å². The first kappa shape index (κ1) is 16.8. The Morgan fingerprint density at radius 2 is 1.59 bits per heavy atom. The Labute approximate surface area is 134 Å². The van der Waals surface area contributed by atoms with E-state index < -0.39 is 19.9 Å². The van der Waals surface area contributed by atoms with Crippen LogP contribution in [0.25, 0.3) is 0 Å². The molecule has 0 aliphatic heterocycles. The van der Waals surface area contributed by atoms with Crippen molar-refractivity contribution in [2.75, 3.05) is 11.0 Å². The number of rotatable bonds is 4. The second kappa shape index (κ2) is 5.91. The molecular formula is C14H14ClNO4S2. The van der Waals surface area contributed by atoms with Crippen molar-refractivity contribution in [3.8, 4) is 0 Å². The SMILES string of the molecule is Cc1ccc(NS(=O)(=O)c2cccc(S(C)(=O)=O)c2)cc1Cl. The van der Waals surface area contributed by atoms with Crippen LogP contribution in [0, 0.1) is 6.92 Å². The molecule has 118 valence electrons. The minimum Gasteiger partial charge on any atom is -0.280 e. The van der Waals surface area contributed by atoms with Crippen molar-refractivity contribution in [3.63, 3.8) is 0 Å². The van der Waals surface area contributed by atoms with Gasteiger partial charge >= 0.3 is 0 Å². The van der Waals surface area contributed by atoms with Gasteiger partial charge in [0.05, 0.1) is 15.5 Å². The predicted octanol–water partition coefficient (Wildman–Crippen LogP) is 2.85. The van der Waals surface area contributed by atoms with E-state index in [2.05, 4.69) is 4.72 Å². The maximum atomic E-state index is 12.3. The topological polar surface area (TPSA) is 80.3 Å². The third-order valence-corrected chi connectivity index (χ3v) is 5.86. The monoisotopic (exact) mass is 359 g/mol. The fraction of sp³-hybridized carbons (Fsp3) is 0.143. The Kier molecular flexibility index (Phi) is 4.51. The zero-order chi connectivity index (χ0) is 16.5. The van der Waals surface area contributed by atoms with Gasteiger partial charge in [0.25, 0.3) is 10.0 Å². The summed E-state index contributed by atoms with van der Waals surface area (Å²) in [4.78, 5) is -0.190. The molecule has 2 aromatic rings. The van der Waals surface area contributed by atoms with Gasteiger partial charge in [0, 0.05) is 11.3 Å². The van der Waals surface area contributed by atoms with Gasteiger partial charge in [0.2, 0.25) is 0 Å². The molecular weight excluding hydrogens is 346 g/mol. The number of halogens is 1. The Hall–Kier alpha value is -1.57. The van der Waals surface area contributed by atoms with Crippen LogP contribution in [0.3, 0.4) is 0 Å². The van der Waals surface area contributed by atoms with E-state index in [1.165, 1.54) is 24.3 Å². The Morgan fingerprint density at radius 3 is 2.18 bits per heavy atom. The van der Waals surface area contributed by atoms with Gasteiger partial charge in [-0.2, -0.15) is 0 Å². The largest absolute Gasteiger partial charge is 0.280 e. The number of aryl methyl sites for hydroxylation is 1. The number of anilines is 1. The van der Waals surface area contributed by atoms with E-state index in [0.717, 1.165) is 17.9 Å². The molecule has 0 aliphatic rings. The van der Waals surface area contributed by atoms with E-state index in [1.807, 2.05) is 0 Å². The van der Waals surface area contributed by atoms with E-state index in [0.29, 0.717) is 10.7 Å². The van der Waals surface area contributed by atoms with Gasteiger partial charge in [-0.05, 0) is 42.8 Å². The van der Waals surface area contributed by atoms with E-state index >= 15 is 0 Å². The van der Waals surface area contributed by atoms with Crippen LogP contribution in [-0.4, -0.2) is 23.1 Å². The zero-order valence-electron chi connectivity index (χ0n) is 11.9. The maximum Gasteiger partial charge on any atom is 0.261 e. The van der Waals surface area contributed by atoms with Crippen LogP contribution in [0.15, 0.2) is 52.3 Å². The standard InChI is InChI=1S/C14H14ClNO4S2/c1-10-6-7-11(8-14(10)15)16-22(19,20)13-5-3-4-12(9-13)21(2,17)18/h3-9,16H,1-2H3. The smallest absolute Gasteiger partial charge is 0.261 e. The summed E-state index contributed by atoms with van der Waals surface area (Å²) >= 11 is 5.96. The lowest BCUT2D eigenvalue weighted by atomic mass is 10.2. The number of hydrogen-bond donors (Lipinski definition) is 1. The van der Waals surface area contributed by atoms with Crippen molar-refractivity contribution in [2.45, 2.75) is 16.7 Å². The molecule has 1 N–H and O–H groups in total. The fourth-order valence-electron chi connectivity index (χ4n) is 1.74. The minimum absolute atomic E-state index is 0.0580. The van der Waals surface area contributed by atoms with Crippen LogP contribution in [0.2, 0.25) is 5.02 Å². The fourth-order valence-corrected chi connectivity index (χ4v) is 3.76. The molecule has 0 atom stereocenters. The van der Waals surface area contributed by atoms with Crippen LogP contribution in [0.4, 0.5) is 5.69 Å². The van der Waals surface area contributed by atoms with Crippen molar-refractivity contribution in [2.24, 2.45) is 0 Å². The third kappa shape index (κ3) is 3.79. The molecule has 8 heteroatoms. The van der Waals surface area contributed by atoms with E-state index in [-0.39, 0.29) is 9.79 Å². The Bertz CT molecular complexity index is 922. The molecule has 0 bridgehead atoms. The van der Waals surface area contributed by atoms with Gasteiger partial charge < -0.3 is 0 Å². The van der Waals surface area contributed by atoms with Crippen LogP contribution in [0.5, 0.6) is 0 Å². The molecule has 22 heavy (non-hydrogen) atoms. The quantitative estimate of drug-likeness (QED) is 0.910. The Morgan fingerprint density at radius 1 is 0.955 bits per heavy atom. The summed E-state index contributed by atoms with van der Waals surface area (Å²) in [6.07, 6.45) is 1.02. The van der Waals surface area contributed by atoms with Crippen molar-refractivity contribution in [1.29, 1.82) is 0 Å². The van der Waals surface area contributed by atoms with E-state index in [1.54, 1.807) is 19.1 Å². The predicted molar refractivity (Wildman–Crippen MR) is 86.5 cm³/mol. The highest BCUT2D eigenvalue weighted by Crippen LogP contribution is 2.23. The van der Waals surface area contributed by atoms with E-state index in [9.17, 15) is 16.8 Å². The zero-order valence-corrected chi connectivity index (χ0v) is 14.3. The minimum atomic E-state index is -3.90. The average Bonchev–Trinajstić information content (AvgIpc) is 2.42. The molecule has 0 fully saturated rings. The first-order valence-electron chi connectivity index (χ1n) is 6.19. The number of nitrogens with one attached hydrogen (secondary N) is 1. The van der Waals surface area contributed by atoms with Crippen molar-refractivity contribution in [1.82, 2.24) is 0 Å². The molecule has 0 amide bonds. The summed E-state index contributed by atoms with van der Waals surface area (Å²) < 4.78 is 50.1. The van der Waals surface area contributed by atoms with Crippen molar-refractivity contribution < 1.29 is 16.8 Å². The summed E-state index contributed by atoms with van der Waals surface area (Å²) in [5.41, 5.74) is 1.13. The lowest BCUT2D eigenvalue weighted by molar-refractivity contribution is 0.599. The second-order valence-electron chi connectivity index (χ2n) is 4.82. The maximum absolute atomic E-state index is 12.3. The van der Waals surface area contributed by atoms with Gasteiger partial charge in [-0.1, -0.05) is 23.7 Å². The average molecular weight is 360 g/mol. The molecule has 0 saturated heterocycles. The summed E-state index contributed by atoms with van der Waals surface area (Å²) in [6, 6.07) is 9.94. The lowest BCUT2D eigenvalue weighted by Gasteiger charge is -2.10. The molecule has 2 rings (SSSR count). The van der Waals surface area contributed by atoms with Crippen molar-refractivity contribution in [3.05, 3.63) is 53.1 Å². The van der Waals surface area contributed by atoms with Gasteiger partial charge in [-0.25, -0.2) is 16.8 Å². The van der Waals surface area contributed by atoms with E-state index in [4.69, 9.17) is 11.6 Å². The Balaban J connectivity index is 2.40. The van der Waals surface area contributed by atoms with Gasteiger partial charge in [-0.3, -0.25) is 4.72 Å². The second-order valence-corrected chi connectivity index (χ2v) is 8.92. The van der Waals surface area contributed by atoms with Crippen LogP contribution >= 0.6 is 11.6 Å². The van der Waals surface area contributed by atoms with Crippen LogP contribution in [-0.2, 0) is 19.9 Å². The molecule has 0 radical (unpaired) electrons. The molecule has 5 nitrogen and oxygen atoms in total. The summed E-state index contributed by atoms with van der Waals surface area (Å²) in [6.45, 7) is 1.80. The molecule has 0 heterocycles. The highest BCUT2D eigenvalue weighted by molar-refractivity contribution is 7.93. The molecule has 0 aromatic heterocycles. The number of benzene rings is 2. The molecule has 0 saturated carbocycles.